The van der Waals surface area contributed by atoms with Crippen molar-refractivity contribution in [3.8, 4) is 0 Å². The normalized spacial score (nSPS) is 49.2. The fraction of sp³-hybridized carbons (Fsp3) is 1.00. The molecule has 0 aliphatic carbocycles. The van der Waals surface area contributed by atoms with Gasteiger partial charge in [-0.25, -0.2) is 8.78 Å². The first-order valence-electron chi connectivity index (χ1n) is 2.83. The van der Waals surface area contributed by atoms with E-state index in [1.165, 1.54) is 0 Å². The van der Waals surface area contributed by atoms with Crippen molar-refractivity contribution in [3.05, 3.63) is 0 Å². The fourth-order valence-corrected chi connectivity index (χ4v) is 4.56. The highest BCUT2D eigenvalue weighted by molar-refractivity contribution is 7.13. The molecular weight excluding hydrogens is 184 g/mol. The van der Waals surface area contributed by atoms with E-state index in [0.717, 1.165) is 0 Å². The predicted molar refractivity (Wildman–Crippen MR) is 32.2 cm³/mol. The molecule has 0 saturated carbocycles. The van der Waals surface area contributed by atoms with Gasteiger partial charge in [0, 0.05) is 6.04 Å². The number of hydrogen-bond acceptors (Lipinski definition) is 1. The van der Waals surface area contributed by atoms with Crippen molar-refractivity contribution in [1.29, 1.82) is 0 Å². The number of rotatable bonds is 0. The third-order valence-corrected chi connectivity index (χ3v) is 6.26. The van der Waals surface area contributed by atoms with Crippen LogP contribution in [0.3, 0.4) is 0 Å². The molecule has 1 aliphatic heterocycles. The Bertz CT molecular complexity index is 99.1. The van der Waals surface area contributed by atoms with Crippen molar-refractivity contribution in [3.63, 3.8) is 0 Å². The summed E-state index contributed by atoms with van der Waals surface area (Å²) in [5, 5.41) is 0. The van der Waals surface area contributed by atoms with Crippen LogP contribution in [0.5, 0.6) is 0 Å². The Morgan fingerprint density at radius 3 is 2.40 bits per heavy atom. The third-order valence-electron chi connectivity index (χ3n) is 1.28. The largest absolute Gasteiger partial charge is 0.384 e. The Hall–Kier alpha value is 0.114. The van der Waals surface area contributed by atoms with Gasteiger partial charge in [0.1, 0.15) is 0 Å². The summed E-state index contributed by atoms with van der Waals surface area (Å²) in [5.41, 5.74) is 0. The number of hydrogen-bond donors (Lipinski definition) is 0. The summed E-state index contributed by atoms with van der Waals surface area (Å²) in [6.45, 7) is 0. The topological polar surface area (TPSA) is 9.23 Å². The third kappa shape index (κ3) is 1.58. The number of alkyl halides is 2. The minimum Gasteiger partial charge on any atom is -0.361 e. The van der Waals surface area contributed by atoms with Crippen LogP contribution in [0.4, 0.5) is 17.0 Å². The lowest BCUT2D eigenvalue weighted by Crippen LogP contribution is -2.45. The SMILES string of the molecule is FC1C[SiH](F)[SiH](F)OC1F. The molecule has 0 aromatic heterocycles. The molecule has 0 spiro atoms. The highest BCUT2D eigenvalue weighted by Gasteiger charge is 2.42. The summed E-state index contributed by atoms with van der Waals surface area (Å²) in [7, 11) is -6.58. The molecule has 7 heteroatoms. The molecule has 0 N–H and O–H groups in total. The van der Waals surface area contributed by atoms with Gasteiger partial charge in [0.15, 0.2) is 6.17 Å². The van der Waals surface area contributed by atoms with E-state index in [-0.39, 0.29) is 0 Å². The van der Waals surface area contributed by atoms with E-state index >= 15 is 0 Å². The molecule has 1 aliphatic rings. The van der Waals surface area contributed by atoms with E-state index in [9.17, 15) is 17.0 Å². The predicted octanol–water partition coefficient (Wildman–Crippen LogP) is 0.612. The van der Waals surface area contributed by atoms with Gasteiger partial charge in [-0.1, -0.05) is 0 Å². The standard InChI is InChI=1S/C3H6F4OSi2/c4-2-1-9(6)10(7)8-3(2)5/h2-3,9-10H,1H2. The molecule has 1 saturated heterocycles. The van der Waals surface area contributed by atoms with Crippen molar-refractivity contribution >= 4 is 17.5 Å². The van der Waals surface area contributed by atoms with Gasteiger partial charge in [0.2, 0.25) is 6.36 Å². The molecule has 4 unspecified atom stereocenters. The fourth-order valence-electron chi connectivity index (χ4n) is 0.724. The van der Waals surface area contributed by atoms with Crippen LogP contribution in [0.2, 0.25) is 6.04 Å². The van der Waals surface area contributed by atoms with Crippen LogP contribution in [-0.2, 0) is 4.43 Å². The molecule has 1 rings (SSSR count). The first kappa shape index (κ1) is 8.21. The van der Waals surface area contributed by atoms with Crippen LogP contribution in [0.1, 0.15) is 0 Å². The minimum atomic E-state index is -3.43. The van der Waals surface area contributed by atoms with Crippen molar-refractivity contribution in [1.82, 2.24) is 0 Å². The maximum atomic E-state index is 12.3. The molecule has 0 aromatic rings. The van der Waals surface area contributed by atoms with Crippen LogP contribution in [0.15, 0.2) is 0 Å². The van der Waals surface area contributed by atoms with Crippen molar-refractivity contribution in [2.75, 3.05) is 0 Å². The second-order valence-electron chi connectivity index (χ2n) is 2.11. The van der Waals surface area contributed by atoms with Gasteiger partial charge in [-0.2, -0.15) is 0 Å². The zero-order valence-corrected chi connectivity index (χ0v) is 7.25. The van der Waals surface area contributed by atoms with E-state index in [2.05, 4.69) is 4.43 Å². The quantitative estimate of drug-likeness (QED) is 0.309. The van der Waals surface area contributed by atoms with E-state index < -0.39 is 36.1 Å². The lowest BCUT2D eigenvalue weighted by molar-refractivity contribution is -0.0115. The van der Waals surface area contributed by atoms with Crippen LogP contribution >= 0.6 is 0 Å². The van der Waals surface area contributed by atoms with Gasteiger partial charge >= 0.3 is 8.89 Å². The zero-order chi connectivity index (χ0) is 7.72. The zero-order valence-electron chi connectivity index (χ0n) is 4.94. The van der Waals surface area contributed by atoms with E-state index in [0.29, 0.717) is 0 Å². The van der Waals surface area contributed by atoms with Crippen molar-refractivity contribution in [2.24, 2.45) is 0 Å². The Morgan fingerprint density at radius 2 is 1.90 bits per heavy atom. The summed E-state index contributed by atoms with van der Waals surface area (Å²) >= 11 is 0. The molecule has 1 nitrogen and oxygen atoms in total. The maximum absolute atomic E-state index is 12.3. The van der Waals surface area contributed by atoms with Gasteiger partial charge in [-0.05, 0) is 0 Å². The Balaban J connectivity index is 2.46. The van der Waals surface area contributed by atoms with Crippen LogP contribution in [0.25, 0.3) is 0 Å². The summed E-state index contributed by atoms with van der Waals surface area (Å²) in [6.07, 6.45) is -4.16. The van der Waals surface area contributed by atoms with Gasteiger partial charge < -0.3 is 8.53 Å². The monoisotopic (exact) mass is 190 g/mol. The van der Waals surface area contributed by atoms with Gasteiger partial charge in [0.25, 0.3) is 8.65 Å². The average Bonchev–Trinajstić information content (AvgIpc) is 1.84. The highest BCUT2D eigenvalue weighted by Crippen LogP contribution is 2.22. The van der Waals surface area contributed by atoms with E-state index in [4.69, 9.17) is 0 Å². The Morgan fingerprint density at radius 1 is 1.30 bits per heavy atom. The summed E-state index contributed by atoms with van der Waals surface area (Å²) < 4.78 is 52.5. The Kier molecular flexibility index (Phi) is 2.47. The average molecular weight is 190 g/mol. The summed E-state index contributed by atoms with van der Waals surface area (Å²) in [4.78, 5) is 0. The highest BCUT2D eigenvalue weighted by atomic mass is 29.3. The summed E-state index contributed by atoms with van der Waals surface area (Å²) in [5.74, 6) is 0. The maximum Gasteiger partial charge on any atom is 0.384 e. The van der Waals surface area contributed by atoms with Crippen LogP contribution in [0, 0.1) is 0 Å². The molecule has 10 heavy (non-hydrogen) atoms. The second-order valence-corrected chi connectivity index (χ2v) is 8.33. The number of halogens is 4. The molecule has 0 aromatic carbocycles. The molecular formula is C3H6F4OSi2. The van der Waals surface area contributed by atoms with Crippen molar-refractivity contribution in [2.45, 2.75) is 18.6 Å². The lowest BCUT2D eigenvalue weighted by Gasteiger charge is -2.23. The minimum absolute atomic E-state index is 0.561. The molecule has 60 valence electrons. The molecule has 0 bridgehead atoms. The smallest absolute Gasteiger partial charge is 0.361 e. The van der Waals surface area contributed by atoms with Crippen LogP contribution in [-0.4, -0.2) is 30.1 Å². The van der Waals surface area contributed by atoms with Gasteiger partial charge in [-0.3, -0.25) is 4.11 Å². The molecule has 0 radical (unpaired) electrons. The van der Waals surface area contributed by atoms with Crippen molar-refractivity contribution < 1.29 is 21.4 Å². The summed E-state index contributed by atoms with van der Waals surface area (Å²) in [6, 6.07) is -0.561. The molecule has 4 atom stereocenters. The van der Waals surface area contributed by atoms with Gasteiger partial charge in [-0.15, -0.1) is 0 Å². The first-order chi connectivity index (χ1) is 4.61. The van der Waals surface area contributed by atoms with E-state index in [1.807, 2.05) is 0 Å². The molecule has 0 amide bonds. The molecule has 1 fully saturated rings. The Labute approximate surface area is 58.5 Å². The second kappa shape index (κ2) is 3.01. The first-order valence-corrected chi connectivity index (χ1v) is 7.65. The van der Waals surface area contributed by atoms with Crippen LogP contribution < -0.4 is 0 Å². The lowest BCUT2D eigenvalue weighted by atomic mass is 10.4. The van der Waals surface area contributed by atoms with E-state index in [1.54, 1.807) is 0 Å². The van der Waals surface area contributed by atoms with Gasteiger partial charge in [0.05, 0.1) is 0 Å². The molecule has 1 heterocycles.